The average molecular weight is 353 g/mol. The van der Waals surface area contributed by atoms with E-state index in [2.05, 4.69) is 19.9 Å². The van der Waals surface area contributed by atoms with Gasteiger partial charge in [-0.2, -0.15) is 0 Å². The number of carbonyl (C=O) groups excluding carboxylic acids is 1. The van der Waals surface area contributed by atoms with Crippen molar-refractivity contribution in [2.24, 2.45) is 0 Å². The number of fused-ring (bicyclic) bond motifs is 3. The Morgan fingerprint density at radius 1 is 1.15 bits per heavy atom. The molecule has 7 nitrogen and oxygen atoms in total. The third-order valence-corrected chi connectivity index (χ3v) is 4.54. The molecule has 4 heterocycles. The number of aromatic amines is 1. The Labute approximate surface area is 152 Å². The number of piperazine rings is 1. The third-order valence-electron chi connectivity index (χ3n) is 4.54. The van der Waals surface area contributed by atoms with Gasteiger partial charge in [0.25, 0.3) is 0 Å². The predicted molar refractivity (Wildman–Crippen MR) is 101 cm³/mol. The van der Waals surface area contributed by atoms with Crippen molar-refractivity contribution >= 4 is 33.7 Å². The molecule has 3 aromatic rings. The van der Waals surface area contributed by atoms with Crippen LogP contribution in [0.4, 0.5) is 10.5 Å². The number of pyridine rings is 2. The number of rotatable bonds is 1. The Bertz CT molecular complexity index is 951. The first-order valence-electron chi connectivity index (χ1n) is 8.86. The van der Waals surface area contributed by atoms with Crippen molar-refractivity contribution in [1.29, 1.82) is 0 Å². The van der Waals surface area contributed by atoms with Gasteiger partial charge in [0.2, 0.25) is 0 Å². The first kappa shape index (κ1) is 16.6. The minimum Gasteiger partial charge on any atom is -0.444 e. The maximum atomic E-state index is 12.3. The number of amides is 1. The highest BCUT2D eigenvalue weighted by Crippen LogP contribution is 2.31. The van der Waals surface area contributed by atoms with E-state index in [1.54, 1.807) is 11.1 Å². The maximum absolute atomic E-state index is 12.3. The number of nitrogens with zero attached hydrogens (tertiary/aromatic N) is 4. The van der Waals surface area contributed by atoms with Crippen molar-refractivity contribution < 1.29 is 9.53 Å². The molecule has 1 N–H and O–H groups in total. The van der Waals surface area contributed by atoms with Crippen LogP contribution in [0.3, 0.4) is 0 Å². The highest BCUT2D eigenvalue weighted by molar-refractivity contribution is 6.10. The summed E-state index contributed by atoms with van der Waals surface area (Å²) in [6, 6.07) is 4.07. The van der Waals surface area contributed by atoms with Crippen LogP contribution in [0.5, 0.6) is 0 Å². The van der Waals surface area contributed by atoms with Gasteiger partial charge in [0.15, 0.2) is 0 Å². The van der Waals surface area contributed by atoms with Crippen LogP contribution in [0.15, 0.2) is 30.7 Å². The average Bonchev–Trinajstić information content (AvgIpc) is 3.09. The number of aromatic nitrogens is 3. The molecule has 0 aromatic carbocycles. The van der Waals surface area contributed by atoms with Crippen LogP contribution in [-0.4, -0.2) is 57.7 Å². The number of carbonyl (C=O) groups is 1. The molecule has 1 aliphatic rings. The Hall–Kier alpha value is -2.83. The number of nitrogens with one attached hydrogen (secondary N) is 1. The second-order valence-corrected chi connectivity index (χ2v) is 7.54. The minimum absolute atomic E-state index is 0.242. The van der Waals surface area contributed by atoms with E-state index in [-0.39, 0.29) is 6.09 Å². The molecule has 0 bridgehead atoms. The van der Waals surface area contributed by atoms with E-state index >= 15 is 0 Å². The van der Waals surface area contributed by atoms with Gasteiger partial charge in [0, 0.05) is 55.0 Å². The first-order valence-corrected chi connectivity index (χ1v) is 8.86. The summed E-state index contributed by atoms with van der Waals surface area (Å²) in [5.74, 6) is 0. The molecule has 0 unspecified atom stereocenters. The highest BCUT2D eigenvalue weighted by atomic mass is 16.6. The van der Waals surface area contributed by atoms with Gasteiger partial charge < -0.3 is 19.5 Å². The quantitative estimate of drug-likeness (QED) is 0.727. The van der Waals surface area contributed by atoms with Gasteiger partial charge in [-0.05, 0) is 32.9 Å². The van der Waals surface area contributed by atoms with E-state index in [4.69, 9.17) is 4.74 Å². The van der Waals surface area contributed by atoms with Crippen LogP contribution in [-0.2, 0) is 4.74 Å². The molecule has 1 amide bonds. The zero-order valence-electron chi connectivity index (χ0n) is 15.3. The standard InChI is InChI=1S/C19H23N5O2/c1-19(2,3)26-18(25)24-10-8-23(9-11-24)15-5-7-20-14-12-22-17-13(16(14)15)4-6-21-17/h4-7,12H,8-11H2,1-3H3,(H,21,22). The molecule has 1 fully saturated rings. The molecule has 3 aromatic heterocycles. The van der Waals surface area contributed by atoms with Crippen molar-refractivity contribution in [2.75, 3.05) is 31.1 Å². The molecule has 0 spiro atoms. The summed E-state index contributed by atoms with van der Waals surface area (Å²) in [6.45, 7) is 8.46. The van der Waals surface area contributed by atoms with Crippen molar-refractivity contribution in [3.63, 3.8) is 0 Å². The fourth-order valence-corrected chi connectivity index (χ4v) is 3.36. The van der Waals surface area contributed by atoms with E-state index in [0.29, 0.717) is 13.1 Å². The van der Waals surface area contributed by atoms with Gasteiger partial charge in [-0.15, -0.1) is 0 Å². The fraction of sp³-hybridized carbons (Fsp3) is 0.421. The first-order chi connectivity index (χ1) is 12.4. The van der Waals surface area contributed by atoms with Gasteiger partial charge in [-0.25, -0.2) is 9.78 Å². The zero-order chi connectivity index (χ0) is 18.3. The van der Waals surface area contributed by atoms with Crippen LogP contribution in [0, 0.1) is 0 Å². The molecule has 0 radical (unpaired) electrons. The second kappa shape index (κ2) is 6.16. The zero-order valence-corrected chi connectivity index (χ0v) is 15.3. The van der Waals surface area contributed by atoms with Crippen LogP contribution in [0.1, 0.15) is 20.8 Å². The summed E-state index contributed by atoms with van der Waals surface area (Å²) in [7, 11) is 0. The molecule has 4 rings (SSSR count). The predicted octanol–water partition coefficient (Wildman–Crippen LogP) is 3.17. The summed E-state index contributed by atoms with van der Waals surface area (Å²) in [4.78, 5) is 28.4. The topological polar surface area (TPSA) is 74.3 Å². The lowest BCUT2D eigenvalue weighted by atomic mass is 10.1. The Kier molecular flexibility index (Phi) is 3.94. The second-order valence-electron chi connectivity index (χ2n) is 7.54. The summed E-state index contributed by atoms with van der Waals surface area (Å²) in [5, 5.41) is 2.17. The molecular formula is C19H23N5O2. The molecular weight excluding hydrogens is 330 g/mol. The van der Waals surface area contributed by atoms with Crippen LogP contribution in [0.25, 0.3) is 21.9 Å². The largest absolute Gasteiger partial charge is 0.444 e. The van der Waals surface area contributed by atoms with Crippen molar-refractivity contribution in [3.8, 4) is 0 Å². The Morgan fingerprint density at radius 2 is 1.92 bits per heavy atom. The number of hydrogen-bond donors (Lipinski definition) is 1. The van der Waals surface area contributed by atoms with Crippen molar-refractivity contribution in [2.45, 2.75) is 26.4 Å². The van der Waals surface area contributed by atoms with E-state index in [0.717, 1.165) is 40.7 Å². The fourth-order valence-electron chi connectivity index (χ4n) is 3.36. The molecule has 26 heavy (non-hydrogen) atoms. The number of anilines is 1. The summed E-state index contributed by atoms with van der Waals surface area (Å²) < 4.78 is 5.48. The van der Waals surface area contributed by atoms with E-state index in [9.17, 15) is 4.79 Å². The van der Waals surface area contributed by atoms with Crippen LogP contribution < -0.4 is 4.90 Å². The van der Waals surface area contributed by atoms with Gasteiger partial charge in [0.05, 0.1) is 11.7 Å². The molecule has 136 valence electrons. The highest BCUT2D eigenvalue weighted by Gasteiger charge is 2.26. The summed E-state index contributed by atoms with van der Waals surface area (Å²) in [5.41, 5.74) is 2.40. The van der Waals surface area contributed by atoms with Crippen molar-refractivity contribution in [3.05, 3.63) is 30.7 Å². The number of hydrogen-bond acceptors (Lipinski definition) is 5. The van der Waals surface area contributed by atoms with Gasteiger partial charge in [-0.3, -0.25) is 4.98 Å². The van der Waals surface area contributed by atoms with Gasteiger partial charge in [-0.1, -0.05) is 0 Å². The Morgan fingerprint density at radius 3 is 2.65 bits per heavy atom. The third kappa shape index (κ3) is 3.05. The van der Waals surface area contributed by atoms with E-state index in [1.165, 1.54) is 0 Å². The lowest BCUT2D eigenvalue weighted by Gasteiger charge is -2.37. The lowest BCUT2D eigenvalue weighted by molar-refractivity contribution is 0.0240. The van der Waals surface area contributed by atoms with E-state index < -0.39 is 5.60 Å². The van der Waals surface area contributed by atoms with Crippen LogP contribution >= 0.6 is 0 Å². The lowest BCUT2D eigenvalue weighted by Crippen LogP contribution is -2.50. The molecule has 0 saturated carbocycles. The van der Waals surface area contributed by atoms with Crippen LogP contribution in [0.2, 0.25) is 0 Å². The molecule has 1 aliphatic heterocycles. The molecule has 1 saturated heterocycles. The normalized spacial score (nSPS) is 15.7. The van der Waals surface area contributed by atoms with Gasteiger partial charge in [0.1, 0.15) is 11.2 Å². The number of ether oxygens (including phenoxy) is 1. The summed E-state index contributed by atoms with van der Waals surface area (Å²) in [6.07, 6.45) is 5.27. The van der Waals surface area contributed by atoms with E-state index in [1.807, 2.05) is 45.3 Å². The Balaban J connectivity index is 1.58. The molecule has 0 aliphatic carbocycles. The molecule has 7 heteroatoms. The minimum atomic E-state index is -0.470. The van der Waals surface area contributed by atoms with Crippen molar-refractivity contribution in [1.82, 2.24) is 19.9 Å². The van der Waals surface area contributed by atoms with Gasteiger partial charge >= 0.3 is 6.09 Å². The number of H-pyrrole nitrogens is 1. The SMILES string of the molecule is CC(C)(C)OC(=O)N1CCN(c2ccnc3cnc4[nH]ccc4c23)CC1. The monoisotopic (exact) mass is 353 g/mol. The smallest absolute Gasteiger partial charge is 0.410 e. The molecule has 0 atom stereocenters. The maximum Gasteiger partial charge on any atom is 0.410 e. The summed E-state index contributed by atoms with van der Waals surface area (Å²) >= 11 is 0.